The first-order chi connectivity index (χ1) is 9.85. The van der Waals surface area contributed by atoms with E-state index in [1.54, 1.807) is 0 Å². The topological polar surface area (TPSA) is 12.0 Å². The Bertz CT molecular complexity index is 399. The lowest BCUT2D eigenvalue weighted by Gasteiger charge is -2.28. The lowest BCUT2D eigenvalue weighted by molar-refractivity contribution is 0.306. The fourth-order valence-electron chi connectivity index (χ4n) is 2.93. The summed E-state index contributed by atoms with van der Waals surface area (Å²) >= 11 is 0. The zero-order valence-electron chi connectivity index (χ0n) is 15.0. The predicted octanol–water partition coefficient (Wildman–Crippen LogP) is 5.37. The fraction of sp³-hybridized carbons (Fsp3) is 0.700. The van der Waals surface area contributed by atoms with Crippen molar-refractivity contribution in [1.29, 1.82) is 0 Å². The highest BCUT2D eigenvalue weighted by Crippen LogP contribution is 2.23. The van der Waals surface area contributed by atoms with E-state index >= 15 is 0 Å². The van der Waals surface area contributed by atoms with Crippen LogP contribution in [0.3, 0.4) is 0 Å². The highest BCUT2D eigenvalue weighted by Gasteiger charge is 2.18. The van der Waals surface area contributed by atoms with E-state index in [-0.39, 0.29) is 5.54 Å². The molecule has 0 aliphatic heterocycles. The van der Waals surface area contributed by atoms with Crippen molar-refractivity contribution in [1.82, 2.24) is 5.32 Å². The summed E-state index contributed by atoms with van der Waals surface area (Å²) in [6.07, 6.45) is 5.14. The zero-order valence-corrected chi connectivity index (χ0v) is 15.0. The van der Waals surface area contributed by atoms with Crippen molar-refractivity contribution in [3.8, 4) is 0 Å². The SMILES string of the molecule is CCC(CC)CC(CNC(C)(C)C)Cc1ccccc1C. The van der Waals surface area contributed by atoms with E-state index in [1.807, 2.05) is 0 Å². The summed E-state index contributed by atoms with van der Waals surface area (Å²) in [4.78, 5) is 0. The standard InChI is InChI=1S/C20H35N/c1-7-17(8-2)13-18(15-21-20(4,5)6)14-19-12-10-9-11-16(19)3/h9-12,17-18,21H,7-8,13-15H2,1-6H3. The van der Waals surface area contributed by atoms with Gasteiger partial charge in [0.05, 0.1) is 0 Å². The van der Waals surface area contributed by atoms with Crippen molar-refractivity contribution < 1.29 is 0 Å². The normalized spacial score (nSPS) is 13.7. The molecule has 0 heterocycles. The van der Waals surface area contributed by atoms with Crippen molar-refractivity contribution in [2.24, 2.45) is 11.8 Å². The largest absolute Gasteiger partial charge is 0.312 e. The minimum absolute atomic E-state index is 0.206. The molecule has 1 nitrogen and oxygen atoms in total. The van der Waals surface area contributed by atoms with Gasteiger partial charge in [0.15, 0.2) is 0 Å². The Hall–Kier alpha value is -0.820. The van der Waals surface area contributed by atoms with E-state index in [4.69, 9.17) is 0 Å². The minimum atomic E-state index is 0.206. The summed E-state index contributed by atoms with van der Waals surface area (Å²) < 4.78 is 0. The molecular weight excluding hydrogens is 254 g/mol. The van der Waals surface area contributed by atoms with E-state index < -0.39 is 0 Å². The van der Waals surface area contributed by atoms with Crippen LogP contribution in [0.4, 0.5) is 0 Å². The Balaban J connectivity index is 2.73. The molecule has 0 saturated carbocycles. The van der Waals surface area contributed by atoms with Crippen LogP contribution in [0.15, 0.2) is 24.3 Å². The van der Waals surface area contributed by atoms with Gasteiger partial charge < -0.3 is 5.32 Å². The maximum atomic E-state index is 3.72. The van der Waals surface area contributed by atoms with Gasteiger partial charge in [-0.05, 0) is 70.0 Å². The maximum absolute atomic E-state index is 3.72. The molecular formula is C20H35N. The van der Waals surface area contributed by atoms with Crippen LogP contribution in [0, 0.1) is 18.8 Å². The van der Waals surface area contributed by atoms with Crippen molar-refractivity contribution in [2.45, 2.75) is 72.8 Å². The van der Waals surface area contributed by atoms with Gasteiger partial charge in [-0.3, -0.25) is 0 Å². The van der Waals surface area contributed by atoms with Gasteiger partial charge in [0, 0.05) is 5.54 Å². The molecule has 1 aromatic carbocycles. The molecule has 1 rings (SSSR count). The van der Waals surface area contributed by atoms with E-state index in [9.17, 15) is 0 Å². The zero-order chi connectivity index (χ0) is 15.9. The van der Waals surface area contributed by atoms with Crippen molar-refractivity contribution in [2.75, 3.05) is 6.54 Å². The van der Waals surface area contributed by atoms with E-state index in [1.165, 1.54) is 36.8 Å². The van der Waals surface area contributed by atoms with Crippen LogP contribution in [0.2, 0.25) is 0 Å². The number of hydrogen-bond donors (Lipinski definition) is 1. The molecule has 0 spiro atoms. The molecule has 0 fully saturated rings. The van der Waals surface area contributed by atoms with Crippen molar-refractivity contribution in [3.05, 3.63) is 35.4 Å². The molecule has 0 aliphatic rings. The summed E-state index contributed by atoms with van der Waals surface area (Å²) in [7, 11) is 0. The van der Waals surface area contributed by atoms with Gasteiger partial charge in [0.2, 0.25) is 0 Å². The number of benzene rings is 1. The Morgan fingerprint density at radius 2 is 1.62 bits per heavy atom. The molecule has 0 radical (unpaired) electrons. The molecule has 120 valence electrons. The summed E-state index contributed by atoms with van der Waals surface area (Å²) in [5.74, 6) is 1.59. The fourth-order valence-corrected chi connectivity index (χ4v) is 2.93. The molecule has 1 unspecified atom stereocenters. The third-order valence-corrected chi connectivity index (χ3v) is 4.51. The summed E-state index contributed by atoms with van der Waals surface area (Å²) in [5.41, 5.74) is 3.16. The molecule has 1 atom stereocenters. The average Bonchev–Trinajstić information content (AvgIpc) is 2.43. The number of rotatable bonds is 8. The molecule has 0 saturated heterocycles. The van der Waals surface area contributed by atoms with Gasteiger partial charge in [0.25, 0.3) is 0 Å². The van der Waals surface area contributed by atoms with Crippen LogP contribution in [-0.4, -0.2) is 12.1 Å². The number of nitrogens with one attached hydrogen (secondary N) is 1. The molecule has 0 aliphatic carbocycles. The first kappa shape index (κ1) is 18.2. The van der Waals surface area contributed by atoms with Gasteiger partial charge in [0.1, 0.15) is 0 Å². The van der Waals surface area contributed by atoms with Crippen LogP contribution in [-0.2, 0) is 6.42 Å². The molecule has 1 heteroatoms. The van der Waals surface area contributed by atoms with E-state index in [0.29, 0.717) is 0 Å². The van der Waals surface area contributed by atoms with E-state index in [0.717, 1.165) is 18.4 Å². The Morgan fingerprint density at radius 1 is 1.00 bits per heavy atom. The maximum Gasteiger partial charge on any atom is 0.00966 e. The molecule has 0 aromatic heterocycles. The van der Waals surface area contributed by atoms with Crippen molar-refractivity contribution >= 4 is 0 Å². The average molecular weight is 290 g/mol. The van der Waals surface area contributed by atoms with Gasteiger partial charge in [-0.25, -0.2) is 0 Å². The Kier molecular flexibility index (Phi) is 7.45. The lowest BCUT2D eigenvalue weighted by Crippen LogP contribution is -2.40. The second-order valence-corrected chi connectivity index (χ2v) is 7.55. The van der Waals surface area contributed by atoms with Crippen LogP contribution in [0.25, 0.3) is 0 Å². The molecule has 0 amide bonds. The smallest absolute Gasteiger partial charge is 0.00966 e. The first-order valence-electron chi connectivity index (χ1n) is 8.65. The second kappa shape index (κ2) is 8.58. The minimum Gasteiger partial charge on any atom is -0.312 e. The van der Waals surface area contributed by atoms with Gasteiger partial charge in [-0.2, -0.15) is 0 Å². The van der Waals surface area contributed by atoms with E-state index in [2.05, 4.69) is 71.1 Å². The summed E-state index contributed by atoms with van der Waals surface area (Å²) in [6.45, 7) is 14.8. The number of aryl methyl sites for hydroxylation is 1. The van der Waals surface area contributed by atoms with Gasteiger partial charge in [-0.15, -0.1) is 0 Å². The third-order valence-electron chi connectivity index (χ3n) is 4.51. The highest BCUT2D eigenvalue weighted by atomic mass is 14.9. The molecule has 0 bridgehead atoms. The third kappa shape index (κ3) is 7.13. The Labute approximate surface area is 132 Å². The van der Waals surface area contributed by atoms with Gasteiger partial charge >= 0.3 is 0 Å². The number of hydrogen-bond acceptors (Lipinski definition) is 1. The second-order valence-electron chi connectivity index (χ2n) is 7.55. The predicted molar refractivity (Wildman–Crippen MR) is 94.8 cm³/mol. The van der Waals surface area contributed by atoms with Crippen LogP contribution >= 0.6 is 0 Å². The Morgan fingerprint density at radius 3 is 2.14 bits per heavy atom. The molecule has 1 aromatic rings. The quantitative estimate of drug-likeness (QED) is 0.678. The summed E-state index contributed by atoms with van der Waals surface area (Å²) in [5, 5.41) is 3.72. The first-order valence-corrected chi connectivity index (χ1v) is 8.65. The van der Waals surface area contributed by atoms with Crippen LogP contribution in [0.1, 0.15) is 65.0 Å². The molecule has 1 N–H and O–H groups in total. The van der Waals surface area contributed by atoms with Crippen molar-refractivity contribution in [3.63, 3.8) is 0 Å². The molecule has 21 heavy (non-hydrogen) atoms. The monoisotopic (exact) mass is 289 g/mol. The highest BCUT2D eigenvalue weighted by molar-refractivity contribution is 5.26. The van der Waals surface area contributed by atoms with Crippen LogP contribution < -0.4 is 5.32 Å². The lowest BCUT2D eigenvalue weighted by atomic mass is 9.85. The van der Waals surface area contributed by atoms with Gasteiger partial charge in [-0.1, -0.05) is 51.0 Å². The summed E-state index contributed by atoms with van der Waals surface area (Å²) in [6, 6.07) is 8.85. The van der Waals surface area contributed by atoms with Crippen LogP contribution in [0.5, 0.6) is 0 Å².